The first-order chi connectivity index (χ1) is 8.15. The van der Waals surface area contributed by atoms with Crippen molar-refractivity contribution in [3.05, 3.63) is 59.7 Å². The van der Waals surface area contributed by atoms with Gasteiger partial charge < -0.3 is 0 Å². The molecule has 0 aliphatic rings. The van der Waals surface area contributed by atoms with Gasteiger partial charge in [0.05, 0.1) is 0 Å². The fourth-order valence-electron chi connectivity index (χ4n) is 1.35. The Balaban J connectivity index is 2.04. The van der Waals surface area contributed by atoms with Crippen molar-refractivity contribution in [2.75, 3.05) is 0 Å². The maximum atomic E-state index is 13.3. The number of hydrogen-bond acceptors (Lipinski definition) is 2. The van der Waals surface area contributed by atoms with Gasteiger partial charge >= 0.3 is 0 Å². The largest absolute Gasteiger partial charge is 0.207 e. The van der Waals surface area contributed by atoms with Gasteiger partial charge in [0, 0.05) is 21.6 Å². The van der Waals surface area contributed by atoms with E-state index in [9.17, 15) is 8.78 Å². The van der Waals surface area contributed by atoms with Gasteiger partial charge in [0.15, 0.2) is 0 Å². The van der Waals surface area contributed by atoms with E-state index in [1.54, 1.807) is 0 Å². The molecule has 0 unspecified atom stereocenters. The third-order valence-corrected chi connectivity index (χ3v) is 3.64. The van der Waals surface area contributed by atoms with Crippen molar-refractivity contribution in [3.8, 4) is 0 Å². The molecule has 2 rings (SSSR count). The van der Waals surface area contributed by atoms with Gasteiger partial charge in [-0.15, -0.1) is 24.4 Å². The molecule has 0 fully saturated rings. The molecular weight excluding hydrogens is 258 g/mol. The fraction of sp³-hybridized carbons (Fsp3) is 0.0769. The van der Waals surface area contributed by atoms with Gasteiger partial charge in [-0.1, -0.05) is 12.1 Å². The van der Waals surface area contributed by atoms with Gasteiger partial charge in [-0.05, 0) is 29.8 Å². The molecule has 0 saturated carbocycles. The Hall–Kier alpha value is -1.00. The van der Waals surface area contributed by atoms with Gasteiger partial charge in [0.1, 0.15) is 11.6 Å². The van der Waals surface area contributed by atoms with Gasteiger partial charge in [0.25, 0.3) is 0 Å². The molecule has 0 bridgehead atoms. The van der Waals surface area contributed by atoms with E-state index < -0.39 is 11.6 Å². The molecule has 0 aliphatic carbocycles. The van der Waals surface area contributed by atoms with E-state index in [-0.39, 0.29) is 0 Å². The lowest BCUT2D eigenvalue weighted by atomic mass is 10.2. The van der Waals surface area contributed by atoms with Gasteiger partial charge in [-0.3, -0.25) is 0 Å². The lowest BCUT2D eigenvalue weighted by molar-refractivity contribution is 0.565. The second-order valence-electron chi connectivity index (χ2n) is 3.53. The summed E-state index contributed by atoms with van der Waals surface area (Å²) in [6.07, 6.45) is 0. The third kappa shape index (κ3) is 3.48. The van der Waals surface area contributed by atoms with E-state index in [0.29, 0.717) is 10.6 Å². The van der Waals surface area contributed by atoms with Gasteiger partial charge in [-0.2, -0.15) is 0 Å². The maximum Gasteiger partial charge on any atom is 0.139 e. The van der Waals surface area contributed by atoms with Crippen LogP contribution < -0.4 is 0 Å². The van der Waals surface area contributed by atoms with E-state index >= 15 is 0 Å². The first-order valence-corrected chi connectivity index (χ1v) is 6.44. The third-order valence-electron chi connectivity index (χ3n) is 2.22. The predicted octanol–water partition coefficient (Wildman–Crippen LogP) is 4.55. The smallest absolute Gasteiger partial charge is 0.139 e. The first-order valence-electron chi connectivity index (χ1n) is 5.01. The van der Waals surface area contributed by atoms with Crippen LogP contribution in [-0.4, -0.2) is 0 Å². The molecule has 0 amide bonds. The summed E-state index contributed by atoms with van der Waals surface area (Å²) in [6.45, 7) is 0. The van der Waals surface area contributed by atoms with Crippen LogP contribution in [-0.2, 0) is 5.75 Å². The molecule has 0 spiro atoms. The van der Waals surface area contributed by atoms with Crippen molar-refractivity contribution in [1.82, 2.24) is 0 Å². The van der Waals surface area contributed by atoms with Crippen molar-refractivity contribution in [2.24, 2.45) is 0 Å². The standard InChI is InChI=1S/C13H10F2S2/c14-10-3-6-13(12(15)7-10)17-8-9-1-4-11(16)5-2-9/h1-7,16H,8H2. The number of halogens is 2. The van der Waals surface area contributed by atoms with Crippen LogP contribution in [0.15, 0.2) is 52.3 Å². The number of thiol groups is 1. The second-order valence-corrected chi connectivity index (χ2v) is 5.06. The first kappa shape index (κ1) is 12.5. The Morgan fingerprint density at radius 3 is 2.35 bits per heavy atom. The number of hydrogen-bond donors (Lipinski definition) is 1. The molecular formula is C13H10F2S2. The molecule has 0 nitrogen and oxygen atoms in total. The SMILES string of the molecule is Fc1ccc(SCc2ccc(S)cc2)c(F)c1. The molecule has 0 saturated heterocycles. The molecule has 0 atom stereocenters. The second kappa shape index (κ2) is 5.56. The minimum absolute atomic E-state index is 0.460. The molecule has 0 heterocycles. The average Bonchev–Trinajstić information content (AvgIpc) is 2.30. The average molecular weight is 268 g/mol. The minimum Gasteiger partial charge on any atom is -0.207 e. The van der Waals surface area contributed by atoms with Crippen molar-refractivity contribution in [3.63, 3.8) is 0 Å². The quantitative estimate of drug-likeness (QED) is 0.629. The fourth-order valence-corrected chi connectivity index (χ4v) is 2.37. The molecule has 4 heteroatoms. The summed E-state index contributed by atoms with van der Waals surface area (Å²) in [7, 11) is 0. The number of thioether (sulfide) groups is 1. The Morgan fingerprint density at radius 1 is 1.00 bits per heavy atom. The Kier molecular flexibility index (Phi) is 4.07. The summed E-state index contributed by atoms with van der Waals surface area (Å²) < 4.78 is 26.0. The molecule has 0 aliphatic heterocycles. The minimum atomic E-state index is -0.550. The lowest BCUT2D eigenvalue weighted by Gasteiger charge is -2.03. The number of benzene rings is 2. The highest BCUT2D eigenvalue weighted by atomic mass is 32.2. The van der Waals surface area contributed by atoms with Crippen LogP contribution in [0.3, 0.4) is 0 Å². The van der Waals surface area contributed by atoms with Crippen molar-refractivity contribution in [2.45, 2.75) is 15.5 Å². The summed E-state index contributed by atoms with van der Waals surface area (Å²) in [5.41, 5.74) is 1.08. The predicted molar refractivity (Wildman–Crippen MR) is 69.6 cm³/mol. The van der Waals surface area contributed by atoms with E-state index in [1.165, 1.54) is 23.9 Å². The Bertz CT molecular complexity index is 509. The van der Waals surface area contributed by atoms with Crippen LogP contribution in [0.2, 0.25) is 0 Å². The van der Waals surface area contributed by atoms with E-state index in [0.717, 1.165) is 16.5 Å². The van der Waals surface area contributed by atoms with E-state index in [1.807, 2.05) is 24.3 Å². The Labute approximate surface area is 108 Å². The Morgan fingerprint density at radius 2 is 1.71 bits per heavy atom. The van der Waals surface area contributed by atoms with Crippen LogP contribution in [0.1, 0.15) is 5.56 Å². The molecule has 2 aromatic carbocycles. The summed E-state index contributed by atoms with van der Waals surface area (Å²) >= 11 is 5.54. The van der Waals surface area contributed by atoms with Gasteiger partial charge in [0.2, 0.25) is 0 Å². The van der Waals surface area contributed by atoms with Crippen LogP contribution in [0, 0.1) is 11.6 Å². The number of rotatable bonds is 3. The topological polar surface area (TPSA) is 0 Å². The van der Waals surface area contributed by atoms with Crippen molar-refractivity contribution in [1.29, 1.82) is 0 Å². The van der Waals surface area contributed by atoms with Crippen LogP contribution in [0.25, 0.3) is 0 Å². The molecule has 0 radical (unpaired) electrons. The summed E-state index contributed by atoms with van der Waals surface area (Å²) in [5.74, 6) is -0.413. The van der Waals surface area contributed by atoms with Crippen LogP contribution >= 0.6 is 24.4 Å². The summed E-state index contributed by atoms with van der Waals surface area (Å²) in [5, 5.41) is 0. The monoisotopic (exact) mass is 268 g/mol. The maximum absolute atomic E-state index is 13.3. The molecule has 88 valence electrons. The van der Waals surface area contributed by atoms with Crippen LogP contribution in [0.4, 0.5) is 8.78 Å². The zero-order valence-electron chi connectivity index (χ0n) is 8.86. The van der Waals surface area contributed by atoms with Crippen LogP contribution in [0.5, 0.6) is 0 Å². The zero-order valence-corrected chi connectivity index (χ0v) is 10.6. The lowest BCUT2D eigenvalue weighted by Crippen LogP contribution is -1.85. The van der Waals surface area contributed by atoms with Crippen molar-refractivity contribution >= 4 is 24.4 Å². The van der Waals surface area contributed by atoms with E-state index in [4.69, 9.17) is 0 Å². The summed E-state index contributed by atoms with van der Waals surface area (Å²) in [6, 6.07) is 11.3. The molecule has 17 heavy (non-hydrogen) atoms. The highest BCUT2D eigenvalue weighted by Crippen LogP contribution is 2.26. The molecule has 0 N–H and O–H groups in total. The highest BCUT2D eigenvalue weighted by molar-refractivity contribution is 7.98. The highest BCUT2D eigenvalue weighted by Gasteiger charge is 2.04. The van der Waals surface area contributed by atoms with Gasteiger partial charge in [-0.25, -0.2) is 8.78 Å². The molecule has 0 aromatic heterocycles. The zero-order chi connectivity index (χ0) is 12.3. The van der Waals surface area contributed by atoms with E-state index in [2.05, 4.69) is 12.6 Å². The van der Waals surface area contributed by atoms with Crippen molar-refractivity contribution < 1.29 is 8.78 Å². The summed E-state index contributed by atoms with van der Waals surface area (Å²) in [4.78, 5) is 1.35. The molecule has 2 aromatic rings. The normalized spacial score (nSPS) is 10.5.